The number of carboxylic acid groups (broad SMARTS) is 1. The summed E-state index contributed by atoms with van der Waals surface area (Å²) >= 11 is 1.57. The molecule has 4 aromatic rings. The fraction of sp³-hybridized carbons (Fsp3) is 0.154. The average Bonchev–Trinajstić information content (AvgIpc) is 3.57. The number of carboxylic acids is 1. The summed E-state index contributed by atoms with van der Waals surface area (Å²) in [4.78, 5) is 27.4. The molecule has 0 bridgehead atoms. The number of anilines is 1. The van der Waals surface area contributed by atoms with E-state index in [1.54, 1.807) is 16.0 Å². The molecule has 33 heavy (non-hydrogen) atoms. The maximum Gasteiger partial charge on any atom is 0.303 e. The molecule has 1 aliphatic rings. The molecule has 5 rings (SSSR count). The summed E-state index contributed by atoms with van der Waals surface area (Å²) in [5.74, 6) is -1.11. The van der Waals surface area contributed by atoms with Crippen LogP contribution in [0.2, 0.25) is 0 Å². The second kappa shape index (κ2) is 8.96. The minimum atomic E-state index is -0.869. The number of aryl methyl sites for hydroxylation is 1. The maximum absolute atomic E-state index is 13.1. The number of hydrogen-bond acceptors (Lipinski definition) is 4. The van der Waals surface area contributed by atoms with E-state index in [9.17, 15) is 9.59 Å². The van der Waals surface area contributed by atoms with Crippen LogP contribution in [-0.2, 0) is 24.3 Å². The van der Waals surface area contributed by atoms with Crippen LogP contribution in [0.4, 0.5) is 5.69 Å². The van der Waals surface area contributed by atoms with E-state index >= 15 is 0 Å². The van der Waals surface area contributed by atoms with Gasteiger partial charge in [0.25, 0.3) is 5.91 Å². The van der Waals surface area contributed by atoms with Gasteiger partial charge in [-0.1, -0.05) is 30.3 Å². The Morgan fingerprint density at radius 2 is 1.64 bits per heavy atom. The van der Waals surface area contributed by atoms with Crippen LogP contribution in [0, 0.1) is 0 Å². The van der Waals surface area contributed by atoms with Gasteiger partial charge in [-0.2, -0.15) is 0 Å². The molecule has 6 nitrogen and oxygen atoms in total. The molecule has 0 atom stereocenters. The Morgan fingerprint density at radius 3 is 2.27 bits per heavy atom. The van der Waals surface area contributed by atoms with Crippen LogP contribution in [0.15, 0.2) is 78.2 Å². The number of carbonyl (C=O) groups is 2. The van der Waals surface area contributed by atoms with Crippen molar-refractivity contribution in [2.75, 3.05) is 10.3 Å². The normalized spacial score (nSPS) is 12.5. The fourth-order valence-corrected chi connectivity index (χ4v) is 4.90. The van der Waals surface area contributed by atoms with Crippen LogP contribution >= 0.6 is 11.3 Å². The molecule has 166 valence electrons. The van der Waals surface area contributed by atoms with E-state index in [0.29, 0.717) is 12.0 Å². The van der Waals surface area contributed by atoms with E-state index in [1.807, 2.05) is 53.9 Å². The number of carbonyl (C=O) groups excluding carboxylic acids is 1. The summed E-state index contributed by atoms with van der Waals surface area (Å²) in [5, 5.41) is 11.1. The lowest BCUT2D eigenvalue weighted by Crippen LogP contribution is -2.25. The zero-order chi connectivity index (χ0) is 22.8. The zero-order valence-corrected chi connectivity index (χ0v) is 18.7. The van der Waals surface area contributed by atoms with E-state index < -0.39 is 5.97 Å². The van der Waals surface area contributed by atoms with Crippen LogP contribution in [-0.4, -0.2) is 21.7 Å². The number of aliphatic carboxylic acids is 1. The Labute approximate surface area is 195 Å². The van der Waals surface area contributed by atoms with Crippen molar-refractivity contribution in [3.8, 4) is 10.6 Å². The Bertz CT molecular complexity index is 1270. The summed E-state index contributed by atoms with van der Waals surface area (Å²) in [6.45, 7) is 1.73. The van der Waals surface area contributed by atoms with Gasteiger partial charge in [0, 0.05) is 36.5 Å². The minimum absolute atomic E-state index is 0.00329. The molecule has 0 saturated heterocycles. The Morgan fingerprint density at radius 1 is 0.909 bits per heavy atom. The van der Waals surface area contributed by atoms with Gasteiger partial charge in [0.2, 0.25) is 0 Å². The average molecular weight is 458 g/mol. The molecule has 2 N–H and O–H groups in total. The molecule has 0 spiro atoms. The molecular weight excluding hydrogens is 434 g/mol. The topological polar surface area (TPSA) is 74.6 Å². The van der Waals surface area contributed by atoms with E-state index in [0.717, 1.165) is 35.0 Å². The first-order valence-electron chi connectivity index (χ1n) is 10.8. The second-order valence-electron chi connectivity index (χ2n) is 8.03. The lowest BCUT2D eigenvalue weighted by molar-refractivity contribution is -0.136. The van der Waals surface area contributed by atoms with Crippen molar-refractivity contribution in [1.82, 2.24) is 4.68 Å². The lowest BCUT2D eigenvalue weighted by atomic mass is 10.1. The van der Waals surface area contributed by atoms with Gasteiger partial charge < -0.3 is 10.0 Å². The molecule has 3 heterocycles. The molecular formula is C26H23N3O3S. The number of amides is 1. The summed E-state index contributed by atoms with van der Waals surface area (Å²) in [7, 11) is 0. The van der Waals surface area contributed by atoms with Crippen molar-refractivity contribution in [2.24, 2.45) is 0 Å². The molecule has 2 aromatic heterocycles. The van der Waals surface area contributed by atoms with Gasteiger partial charge in [-0.25, -0.2) is 0 Å². The van der Waals surface area contributed by atoms with Gasteiger partial charge in [-0.05, 0) is 59.0 Å². The van der Waals surface area contributed by atoms with Crippen LogP contribution in [0.1, 0.15) is 33.6 Å². The summed E-state index contributed by atoms with van der Waals surface area (Å²) in [6, 6.07) is 23.8. The first kappa shape index (κ1) is 21.0. The van der Waals surface area contributed by atoms with Gasteiger partial charge in [0.1, 0.15) is 0 Å². The number of benzene rings is 2. The highest BCUT2D eigenvalue weighted by molar-refractivity contribution is 7.13. The van der Waals surface area contributed by atoms with E-state index in [-0.39, 0.29) is 12.3 Å². The van der Waals surface area contributed by atoms with Gasteiger partial charge in [-0.15, -0.1) is 11.3 Å². The summed E-state index contributed by atoms with van der Waals surface area (Å²) < 4.78 is 1.71. The second-order valence-corrected chi connectivity index (χ2v) is 8.98. The molecule has 1 amide bonds. The minimum Gasteiger partial charge on any atom is -0.481 e. The van der Waals surface area contributed by atoms with Crippen LogP contribution in [0.3, 0.4) is 0 Å². The number of nitrogens with zero attached hydrogens (tertiary/aromatic N) is 2. The van der Waals surface area contributed by atoms with Crippen molar-refractivity contribution in [3.05, 3.63) is 101 Å². The molecule has 0 radical (unpaired) electrons. The third-order valence-corrected chi connectivity index (χ3v) is 6.77. The smallest absolute Gasteiger partial charge is 0.303 e. The van der Waals surface area contributed by atoms with Crippen molar-refractivity contribution < 1.29 is 14.7 Å². The third-order valence-electron chi connectivity index (χ3n) is 5.88. The highest BCUT2D eigenvalue weighted by Gasteiger charge is 2.19. The first-order valence-corrected chi connectivity index (χ1v) is 11.7. The largest absolute Gasteiger partial charge is 0.481 e. The highest BCUT2D eigenvalue weighted by Crippen LogP contribution is 2.29. The Balaban J connectivity index is 1.34. The standard InChI is InChI=1S/C26H23N3O3S/c30-25(31)14-12-22-11-13-23(24-6-3-15-33-24)29(22)27-26(32)18-7-9-21(10-8-18)28-16-19-4-1-2-5-20(19)17-28/h1-11,13,15H,12,14,16-17H2,(H,27,32)(H,30,31). The molecule has 1 aliphatic heterocycles. The molecule has 7 heteroatoms. The number of hydrogen-bond donors (Lipinski definition) is 2. The van der Waals surface area contributed by atoms with Crippen molar-refractivity contribution in [1.29, 1.82) is 0 Å². The zero-order valence-electron chi connectivity index (χ0n) is 17.9. The lowest BCUT2D eigenvalue weighted by Gasteiger charge is -2.18. The molecule has 2 aromatic carbocycles. The van der Waals surface area contributed by atoms with Crippen LogP contribution < -0.4 is 10.3 Å². The molecule has 0 fully saturated rings. The first-order chi connectivity index (χ1) is 16.1. The quantitative estimate of drug-likeness (QED) is 0.403. The van der Waals surface area contributed by atoms with Crippen LogP contribution in [0.25, 0.3) is 10.6 Å². The molecule has 0 saturated carbocycles. The number of fused-ring (bicyclic) bond motifs is 1. The number of nitrogens with one attached hydrogen (secondary N) is 1. The van der Waals surface area contributed by atoms with Crippen molar-refractivity contribution in [3.63, 3.8) is 0 Å². The van der Waals surface area contributed by atoms with E-state index in [1.165, 1.54) is 11.1 Å². The van der Waals surface area contributed by atoms with Gasteiger partial charge >= 0.3 is 5.97 Å². The SMILES string of the molecule is O=C(O)CCc1ccc(-c2cccs2)n1NC(=O)c1ccc(N2Cc3ccccc3C2)cc1. The van der Waals surface area contributed by atoms with Gasteiger partial charge in [0.05, 0.1) is 17.0 Å². The molecule has 0 aliphatic carbocycles. The highest BCUT2D eigenvalue weighted by atomic mass is 32.1. The third kappa shape index (κ3) is 4.40. The predicted octanol–water partition coefficient (Wildman–Crippen LogP) is 5.14. The van der Waals surface area contributed by atoms with E-state index in [2.05, 4.69) is 34.6 Å². The summed E-state index contributed by atoms with van der Waals surface area (Å²) in [6.07, 6.45) is 0.326. The fourth-order valence-electron chi connectivity index (χ4n) is 4.16. The molecule has 0 unspecified atom stereocenters. The van der Waals surface area contributed by atoms with Gasteiger partial charge in [-0.3, -0.25) is 19.7 Å². The van der Waals surface area contributed by atoms with E-state index in [4.69, 9.17) is 5.11 Å². The van der Waals surface area contributed by atoms with Gasteiger partial charge in [0.15, 0.2) is 0 Å². The summed E-state index contributed by atoms with van der Waals surface area (Å²) in [5.41, 5.74) is 8.85. The number of aromatic nitrogens is 1. The van der Waals surface area contributed by atoms with Crippen molar-refractivity contribution in [2.45, 2.75) is 25.9 Å². The van der Waals surface area contributed by atoms with Crippen LogP contribution in [0.5, 0.6) is 0 Å². The Hall–Kier alpha value is -3.84. The van der Waals surface area contributed by atoms with Crippen molar-refractivity contribution >= 4 is 28.9 Å². The number of rotatable bonds is 7. The Kier molecular flexibility index (Phi) is 5.71. The predicted molar refractivity (Wildman–Crippen MR) is 130 cm³/mol. The number of thiophene rings is 1. The maximum atomic E-state index is 13.1. The monoisotopic (exact) mass is 457 g/mol.